The molecule has 0 aliphatic rings. The summed E-state index contributed by atoms with van der Waals surface area (Å²) >= 11 is 17.0. The Labute approximate surface area is 143 Å². The highest BCUT2D eigenvalue weighted by Gasteiger charge is 2.09. The van der Waals surface area contributed by atoms with Crippen molar-refractivity contribution in [3.63, 3.8) is 0 Å². The lowest BCUT2D eigenvalue weighted by Crippen LogP contribution is -2.43. The molecule has 2 aromatic rings. The van der Waals surface area contributed by atoms with Crippen LogP contribution in [0.4, 0.5) is 5.69 Å². The van der Waals surface area contributed by atoms with E-state index in [1.807, 2.05) is 19.1 Å². The predicted molar refractivity (Wildman–Crippen MR) is 94.5 cm³/mol. The van der Waals surface area contributed by atoms with Crippen LogP contribution in [0.25, 0.3) is 0 Å². The van der Waals surface area contributed by atoms with Crippen LogP contribution in [0, 0.1) is 6.92 Å². The molecule has 4 nitrogen and oxygen atoms in total. The van der Waals surface area contributed by atoms with E-state index in [4.69, 9.17) is 35.4 Å². The van der Waals surface area contributed by atoms with Crippen molar-refractivity contribution in [2.75, 3.05) is 5.32 Å². The largest absolute Gasteiger partial charge is 0.331 e. The first-order valence-corrected chi connectivity index (χ1v) is 7.52. The number of hydrazine groups is 1. The highest BCUT2D eigenvalue weighted by atomic mass is 35.5. The topological polar surface area (TPSA) is 53.2 Å². The van der Waals surface area contributed by atoms with Crippen molar-refractivity contribution in [3.05, 3.63) is 63.6 Å². The minimum Gasteiger partial charge on any atom is -0.331 e. The summed E-state index contributed by atoms with van der Waals surface area (Å²) in [6.07, 6.45) is 0. The van der Waals surface area contributed by atoms with Gasteiger partial charge >= 0.3 is 0 Å². The number of hydrogen-bond donors (Lipinski definition) is 3. The molecule has 0 atom stereocenters. The third-order valence-electron chi connectivity index (χ3n) is 2.84. The molecule has 0 aliphatic carbocycles. The van der Waals surface area contributed by atoms with E-state index >= 15 is 0 Å². The minimum absolute atomic E-state index is 0.255. The number of halogens is 2. The summed E-state index contributed by atoms with van der Waals surface area (Å²) in [7, 11) is 0. The van der Waals surface area contributed by atoms with E-state index in [9.17, 15) is 4.79 Å². The average molecular weight is 354 g/mol. The van der Waals surface area contributed by atoms with Gasteiger partial charge in [-0.3, -0.25) is 15.6 Å². The highest BCUT2D eigenvalue weighted by Crippen LogP contribution is 2.19. The summed E-state index contributed by atoms with van der Waals surface area (Å²) in [5, 5.41) is 4.25. The van der Waals surface area contributed by atoms with Crippen molar-refractivity contribution < 1.29 is 4.79 Å². The Balaban J connectivity index is 1.93. The van der Waals surface area contributed by atoms with Crippen LogP contribution >= 0.6 is 35.4 Å². The Hall–Kier alpha value is -1.82. The second-order valence-corrected chi connectivity index (χ2v) is 5.72. The maximum atomic E-state index is 12.0. The van der Waals surface area contributed by atoms with Crippen LogP contribution < -0.4 is 16.2 Å². The van der Waals surface area contributed by atoms with E-state index in [0.717, 1.165) is 11.3 Å². The van der Waals surface area contributed by atoms with E-state index in [-0.39, 0.29) is 11.0 Å². The van der Waals surface area contributed by atoms with E-state index in [1.54, 1.807) is 30.3 Å². The molecule has 0 aliphatic heterocycles. The van der Waals surface area contributed by atoms with Gasteiger partial charge in [0.05, 0.1) is 10.6 Å². The van der Waals surface area contributed by atoms with Crippen LogP contribution in [0.5, 0.6) is 0 Å². The van der Waals surface area contributed by atoms with Gasteiger partial charge in [0.2, 0.25) is 0 Å². The number of carbonyl (C=O) groups is 1. The van der Waals surface area contributed by atoms with Crippen LogP contribution in [-0.4, -0.2) is 11.0 Å². The van der Waals surface area contributed by atoms with Gasteiger partial charge in [-0.2, -0.15) is 0 Å². The van der Waals surface area contributed by atoms with Gasteiger partial charge in [-0.25, -0.2) is 0 Å². The molecule has 2 rings (SSSR count). The molecule has 0 saturated heterocycles. The fraction of sp³-hybridized carbons (Fsp3) is 0.0667. The lowest BCUT2D eigenvalue weighted by Gasteiger charge is -2.13. The maximum Gasteiger partial charge on any atom is 0.271 e. The zero-order valence-corrected chi connectivity index (χ0v) is 13.9. The van der Waals surface area contributed by atoms with E-state index in [0.29, 0.717) is 15.6 Å². The number of amides is 1. The SMILES string of the molecule is Cc1cc(Cl)ccc1NC(=S)NNC(=O)c1ccccc1Cl. The lowest BCUT2D eigenvalue weighted by atomic mass is 10.2. The minimum atomic E-state index is -0.373. The summed E-state index contributed by atoms with van der Waals surface area (Å²) in [5.41, 5.74) is 7.22. The highest BCUT2D eigenvalue weighted by molar-refractivity contribution is 7.80. The van der Waals surface area contributed by atoms with Gasteiger partial charge < -0.3 is 5.32 Å². The van der Waals surface area contributed by atoms with E-state index in [1.165, 1.54) is 0 Å². The quantitative estimate of drug-likeness (QED) is 0.565. The average Bonchev–Trinajstić information content (AvgIpc) is 2.48. The molecule has 0 heterocycles. The molecule has 0 saturated carbocycles. The van der Waals surface area contributed by atoms with Gasteiger partial charge in [0, 0.05) is 10.7 Å². The number of benzene rings is 2. The summed E-state index contributed by atoms with van der Waals surface area (Å²) in [6, 6.07) is 12.1. The fourth-order valence-corrected chi connectivity index (χ4v) is 2.36. The maximum absolute atomic E-state index is 12.0. The smallest absolute Gasteiger partial charge is 0.271 e. The van der Waals surface area contributed by atoms with E-state index < -0.39 is 0 Å². The van der Waals surface area contributed by atoms with Crippen LogP contribution in [0.3, 0.4) is 0 Å². The van der Waals surface area contributed by atoms with Crippen LogP contribution in [-0.2, 0) is 0 Å². The molecule has 3 N–H and O–H groups in total. The number of carbonyl (C=O) groups excluding carboxylic acids is 1. The fourth-order valence-electron chi connectivity index (χ4n) is 1.75. The van der Waals surface area contributed by atoms with Gasteiger partial charge in [-0.1, -0.05) is 35.3 Å². The van der Waals surface area contributed by atoms with Crippen molar-refractivity contribution in [2.45, 2.75) is 6.92 Å². The van der Waals surface area contributed by atoms with Crippen molar-refractivity contribution >= 4 is 52.1 Å². The lowest BCUT2D eigenvalue weighted by molar-refractivity contribution is 0.0944. The number of aryl methyl sites for hydroxylation is 1. The Morgan fingerprint density at radius 1 is 1.09 bits per heavy atom. The second kappa shape index (κ2) is 7.45. The van der Waals surface area contributed by atoms with Gasteiger partial charge in [0.25, 0.3) is 5.91 Å². The second-order valence-electron chi connectivity index (χ2n) is 4.47. The third kappa shape index (κ3) is 4.34. The molecular formula is C15H13Cl2N3OS. The number of thiocarbonyl (C=S) groups is 1. The van der Waals surface area contributed by atoms with Gasteiger partial charge in [0.15, 0.2) is 5.11 Å². The molecule has 0 aromatic heterocycles. The first kappa shape index (κ1) is 16.5. The molecule has 0 fully saturated rings. The number of anilines is 1. The first-order chi connectivity index (χ1) is 10.5. The molecule has 1 amide bonds. The van der Waals surface area contributed by atoms with Crippen LogP contribution in [0.15, 0.2) is 42.5 Å². The Bertz CT molecular complexity index is 722. The van der Waals surface area contributed by atoms with Crippen LogP contribution in [0.2, 0.25) is 10.0 Å². The number of nitrogens with one attached hydrogen (secondary N) is 3. The number of hydrogen-bond acceptors (Lipinski definition) is 2. The Morgan fingerprint density at radius 2 is 1.82 bits per heavy atom. The molecule has 22 heavy (non-hydrogen) atoms. The zero-order chi connectivity index (χ0) is 16.1. The molecule has 114 valence electrons. The number of rotatable bonds is 2. The molecule has 2 aromatic carbocycles. The van der Waals surface area contributed by atoms with Gasteiger partial charge in [-0.05, 0) is 55.0 Å². The van der Waals surface area contributed by atoms with Gasteiger partial charge in [0.1, 0.15) is 0 Å². The van der Waals surface area contributed by atoms with Crippen molar-refractivity contribution in [1.29, 1.82) is 0 Å². The summed E-state index contributed by atoms with van der Waals surface area (Å²) in [4.78, 5) is 12.0. The van der Waals surface area contributed by atoms with Crippen molar-refractivity contribution in [3.8, 4) is 0 Å². The van der Waals surface area contributed by atoms with Crippen molar-refractivity contribution in [2.24, 2.45) is 0 Å². The molecular weight excluding hydrogens is 341 g/mol. The van der Waals surface area contributed by atoms with Gasteiger partial charge in [-0.15, -0.1) is 0 Å². The first-order valence-electron chi connectivity index (χ1n) is 6.35. The normalized spacial score (nSPS) is 9.95. The monoisotopic (exact) mass is 353 g/mol. The standard InChI is InChI=1S/C15H13Cl2N3OS/c1-9-8-10(16)6-7-13(9)18-15(22)20-19-14(21)11-4-2-3-5-12(11)17/h2-8H,1H3,(H,19,21)(H2,18,20,22). The Morgan fingerprint density at radius 3 is 2.50 bits per heavy atom. The molecule has 0 bridgehead atoms. The molecule has 0 radical (unpaired) electrons. The molecule has 0 spiro atoms. The molecule has 0 unspecified atom stereocenters. The third-order valence-corrected chi connectivity index (χ3v) is 3.61. The summed E-state index contributed by atoms with van der Waals surface area (Å²) in [5.74, 6) is -0.373. The van der Waals surface area contributed by atoms with Crippen molar-refractivity contribution in [1.82, 2.24) is 10.9 Å². The molecule has 7 heteroatoms. The van der Waals surface area contributed by atoms with Crippen LogP contribution in [0.1, 0.15) is 15.9 Å². The Kier molecular flexibility index (Phi) is 5.60. The summed E-state index contributed by atoms with van der Waals surface area (Å²) < 4.78 is 0. The summed E-state index contributed by atoms with van der Waals surface area (Å²) in [6.45, 7) is 1.90. The zero-order valence-electron chi connectivity index (χ0n) is 11.6. The predicted octanol–water partition coefficient (Wildman–Crippen LogP) is 3.93. The van der Waals surface area contributed by atoms with E-state index in [2.05, 4.69) is 16.2 Å².